The van der Waals surface area contributed by atoms with Gasteiger partial charge < -0.3 is 14.4 Å². The Hall–Kier alpha value is -3.11. The first-order valence-electron chi connectivity index (χ1n) is 11.5. The van der Waals surface area contributed by atoms with Crippen LogP contribution in [0.4, 0.5) is 0 Å². The van der Waals surface area contributed by atoms with Gasteiger partial charge in [0.15, 0.2) is 0 Å². The average Bonchev–Trinajstić information content (AvgIpc) is 2.88. The molecular weight excluding hydrogens is 398 g/mol. The lowest BCUT2D eigenvalue weighted by Gasteiger charge is -2.32. The van der Waals surface area contributed by atoms with Gasteiger partial charge in [0.25, 0.3) is 0 Å². The second kappa shape index (κ2) is 11.0. The summed E-state index contributed by atoms with van der Waals surface area (Å²) < 4.78 is 11.6. The van der Waals surface area contributed by atoms with Crippen LogP contribution in [0.3, 0.4) is 0 Å². The molecule has 1 aliphatic rings. The fourth-order valence-corrected chi connectivity index (χ4v) is 4.60. The average molecular weight is 431 g/mol. The first-order valence-corrected chi connectivity index (χ1v) is 11.5. The van der Waals surface area contributed by atoms with Gasteiger partial charge in [-0.25, -0.2) is 4.79 Å². The lowest BCUT2D eigenvalue weighted by atomic mass is 9.87. The number of carbonyl (C=O) groups excluding carboxylic acids is 1. The fraction of sp³-hybridized carbons (Fsp3) is 0.321. The molecule has 0 radical (unpaired) electrons. The second-order valence-corrected chi connectivity index (χ2v) is 8.50. The third-order valence-corrected chi connectivity index (χ3v) is 6.35. The van der Waals surface area contributed by atoms with Gasteiger partial charge in [-0.15, -0.1) is 0 Å². The number of methoxy groups -OCH3 is 1. The molecule has 1 aliphatic heterocycles. The SMILES string of the molecule is COc1ccc([C@H](OC(=O)c2ccccc2)[C@@H](C[NH+]2CCCCC2)c2ccccc2)cc1. The zero-order chi connectivity index (χ0) is 22.2. The molecule has 0 aromatic heterocycles. The van der Waals surface area contributed by atoms with Crippen LogP contribution in [0.1, 0.15) is 52.8 Å². The molecule has 0 bridgehead atoms. The lowest BCUT2D eigenvalue weighted by molar-refractivity contribution is -0.906. The predicted octanol–water partition coefficient (Wildman–Crippen LogP) is 4.45. The van der Waals surface area contributed by atoms with Crippen LogP contribution in [-0.4, -0.2) is 32.7 Å². The number of benzene rings is 3. The van der Waals surface area contributed by atoms with Crippen LogP contribution in [0.2, 0.25) is 0 Å². The third-order valence-electron chi connectivity index (χ3n) is 6.35. The van der Waals surface area contributed by atoms with Crippen molar-refractivity contribution >= 4 is 5.97 Å². The quantitative estimate of drug-likeness (QED) is 0.537. The molecule has 0 amide bonds. The Morgan fingerprint density at radius 3 is 2.06 bits per heavy atom. The number of nitrogens with one attached hydrogen (secondary N) is 1. The molecule has 1 fully saturated rings. The molecule has 4 heteroatoms. The highest BCUT2D eigenvalue weighted by atomic mass is 16.5. The van der Waals surface area contributed by atoms with Crippen molar-refractivity contribution in [1.29, 1.82) is 0 Å². The molecule has 32 heavy (non-hydrogen) atoms. The van der Waals surface area contributed by atoms with Crippen molar-refractivity contribution in [2.24, 2.45) is 0 Å². The number of quaternary nitrogens is 1. The summed E-state index contributed by atoms with van der Waals surface area (Å²) in [6, 6.07) is 27.6. The van der Waals surface area contributed by atoms with E-state index in [1.54, 1.807) is 24.1 Å². The Labute approximate surface area is 190 Å². The molecule has 0 saturated carbocycles. The van der Waals surface area contributed by atoms with Gasteiger partial charge in [0.2, 0.25) is 0 Å². The normalized spacial score (nSPS) is 16.2. The summed E-state index contributed by atoms with van der Waals surface area (Å²) in [5.74, 6) is 0.561. The van der Waals surface area contributed by atoms with Gasteiger partial charge in [-0.3, -0.25) is 0 Å². The molecule has 3 aromatic rings. The van der Waals surface area contributed by atoms with Gasteiger partial charge in [-0.1, -0.05) is 60.7 Å². The van der Waals surface area contributed by atoms with Crippen molar-refractivity contribution in [2.45, 2.75) is 31.3 Å². The van der Waals surface area contributed by atoms with E-state index in [0.29, 0.717) is 5.56 Å². The van der Waals surface area contributed by atoms with Crippen LogP contribution in [0.25, 0.3) is 0 Å². The lowest BCUT2D eigenvalue weighted by Crippen LogP contribution is -3.13. The van der Waals surface area contributed by atoms with E-state index in [2.05, 4.69) is 24.3 Å². The predicted molar refractivity (Wildman–Crippen MR) is 126 cm³/mol. The van der Waals surface area contributed by atoms with E-state index in [-0.39, 0.29) is 18.0 Å². The molecule has 166 valence electrons. The van der Waals surface area contributed by atoms with Gasteiger partial charge in [-0.2, -0.15) is 0 Å². The molecule has 0 spiro atoms. The third kappa shape index (κ3) is 5.57. The summed E-state index contributed by atoms with van der Waals surface area (Å²) >= 11 is 0. The molecule has 0 aliphatic carbocycles. The highest BCUT2D eigenvalue weighted by molar-refractivity contribution is 5.89. The maximum absolute atomic E-state index is 13.1. The minimum absolute atomic E-state index is 0.0605. The van der Waals surface area contributed by atoms with Crippen molar-refractivity contribution in [1.82, 2.24) is 0 Å². The number of hydrogen-bond acceptors (Lipinski definition) is 3. The molecule has 1 saturated heterocycles. The number of piperidine rings is 1. The van der Waals surface area contributed by atoms with Crippen LogP contribution in [-0.2, 0) is 4.74 Å². The number of esters is 1. The number of carbonyl (C=O) groups is 1. The summed E-state index contributed by atoms with van der Waals surface area (Å²) in [4.78, 5) is 14.7. The number of likely N-dealkylation sites (tertiary alicyclic amines) is 1. The van der Waals surface area contributed by atoms with E-state index in [9.17, 15) is 4.79 Å². The molecule has 3 aromatic carbocycles. The first kappa shape index (κ1) is 22.1. The van der Waals surface area contributed by atoms with E-state index < -0.39 is 0 Å². The largest absolute Gasteiger partial charge is 0.497 e. The van der Waals surface area contributed by atoms with E-state index >= 15 is 0 Å². The number of rotatable bonds is 8. The number of hydrogen-bond donors (Lipinski definition) is 1. The molecule has 1 N–H and O–H groups in total. The summed E-state index contributed by atoms with van der Waals surface area (Å²) in [5, 5.41) is 0. The van der Waals surface area contributed by atoms with Crippen LogP contribution in [0, 0.1) is 0 Å². The maximum Gasteiger partial charge on any atom is 0.338 e. The van der Waals surface area contributed by atoms with Crippen LogP contribution < -0.4 is 9.64 Å². The topological polar surface area (TPSA) is 40.0 Å². The van der Waals surface area contributed by atoms with E-state index in [4.69, 9.17) is 9.47 Å². The van der Waals surface area contributed by atoms with Crippen molar-refractivity contribution < 1.29 is 19.2 Å². The van der Waals surface area contributed by atoms with Gasteiger partial charge in [0, 0.05) is 0 Å². The van der Waals surface area contributed by atoms with E-state index in [1.807, 2.05) is 48.5 Å². The smallest absolute Gasteiger partial charge is 0.338 e. The zero-order valence-electron chi connectivity index (χ0n) is 18.7. The maximum atomic E-state index is 13.1. The van der Waals surface area contributed by atoms with Crippen molar-refractivity contribution in [3.63, 3.8) is 0 Å². The number of ether oxygens (including phenoxy) is 2. The Morgan fingerprint density at radius 1 is 0.812 bits per heavy atom. The highest BCUT2D eigenvalue weighted by Gasteiger charge is 2.33. The minimum Gasteiger partial charge on any atom is -0.497 e. The molecule has 1 heterocycles. The highest BCUT2D eigenvalue weighted by Crippen LogP contribution is 2.35. The standard InChI is InChI=1S/C28H31NO3/c1-31-25-17-15-23(16-18-25)27(32-28(30)24-13-7-3-8-14-24)26(22-11-5-2-6-12-22)21-29-19-9-4-10-20-29/h2-3,5-8,11-18,26-27H,4,9-10,19-21H2,1H3/p+1/t26-,27-/m0/s1. The van der Waals surface area contributed by atoms with Gasteiger partial charge in [0.05, 0.1) is 38.2 Å². The Morgan fingerprint density at radius 2 is 1.44 bits per heavy atom. The molecule has 0 unspecified atom stereocenters. The van der Waals surface area contributed by atoms with Gasteiger partial charge >= 0.3 is 5.97 Å². The summed E-state index contributed by atoms with van der Waals surface area (Å²) in [6.07, 6.45) is 3.44. The van der Waals surface area contributed by atoms with Crippen LogP contribution >= 0.6 is 0 Å². The summed E-state index contributed by atoms with van der Waals surface area (Å²) in [7, 11) is 1.66. The van der Waals surface area contributed by atoms with Crippen LogP contribution in [0.15, 0.2) is 84.9 Å². The second-order valence-electron chi connectivity index (χ2n) is 8.50. The van der Waals surface area contributed by atoms with Gasteiger partial charge in [0.1, 0.15) is 11.9 Å². The zero-order valence-corrected chi connectivity index (χ0v) is 18.7. The Bertz CT molecular complexity index is 967. The molecule has 2 atom stereocenters. The molecule has 4 nitrogen and oxygen atoms in total. The van der Waals surface area contributed by atoms with E-state index in [1.165, 1.54) is 37.9 Å². The van der Waals surface area contributed by atoms with Crippen molar-refractivity contribution in [3.8, 4) is 5.75 Å². The van der Waals surface area contributed by atoms with Crippen LogP contribution in [0.5, 0.6) is 5.75 Å². The summed E-state index contributed by atoms with van der Waals surface area (Å²) in [5.41, 5.74) is 2.76. The molecule has 4 rings (SSSR count). The summed E-state index contributed by atoms with van der Waals surface area (Å²) in [6.45, 7) is 3.28. The molecular formula is C28H32NO3+. The fourth-order valence-electron chi connectivity index (χ4n) is 4.60. The Kier molecular flexibility index (Phi) is 7.57. The van der Waals surface area contributed by atoms with Gasteiger partial charge in [-0.05, 0) is 54.7 Å². The first-order chi connectivity index (χ1) is 15.7. The minimum atomic E-state index is -0.384. The van der Waals surface area contributed by atoms with Crippen molar-refractivity contribution in [3.05, 3.63) is 102 Å². The monoisotopic (exact) mass is 430 g/mol. The van der Waals surface area contributed by atoms with Crippen molar-refractivity contribution in [2.75, 3.05) is 26.7 Å². The van der Waals surface area contributed by atoms with E-state index in [0.717, 1.165) is 17.9 Å². The Balaban J connectivity index is 1.69.